The molecule has 5 rings (SSSR count). The molecule has 3 fully saturated rings. The number of benzene rings is 1. The van der Waals surface area contributed by atoms with Crippen LogP contribution in [0.2, 0.25) is 0 Å². The second-order valence-electron chi connectivity index (χ2n) is 10.6. The zero-order valence-electron chi connectivity index (χ0n) is 19.6. The SMILES string of the molecule is Cc1ccc2c(c1)nc(C1CCCNC1)n2C1CCN(CC2CCCCCCC2)CC1. The Kier molecular flexibility index (Phi) is 6.95. The third-order valence-electron chi connectivity index (χ3n) is 8.20. The Labute approximate surface area is 188 Å². The van der Waals surface area contributed by atoms with Gasteiger partial charge >= 0.3 is 0 Å². The first kappa shape index (κ1) is 21.5. The highest BCUT2D eigenvalue weighted by molar-refractivity contribution is 5.77. The fourth-order valence-corrected chi connectivity index (χ4v) is 6.42. The van der Waals surface area contributed by atoms with Crippen molar-refractivity contribution >= 4 is 11.0 Å². The maximum Gasteiger partial charge on any atom is 0.114 e. The lowest BCUT2D eigenvalue weighted by Gasteiger charge is -2.36. The van der Waals surface area contributed by atoms with Crippen LogP contribution in [0.15, 0.2) is 18.2 Å². The molecule has 3 heterocycles. The number of hydrogen-bond donors (Lipinski definition) is 1. The molecule has 1 aliphatic carbocycles. The number of likely N-dealkylation sites (tertiary alicyclic amines) is 1. The molecular weight excluding hydrogens is 380 g/mol. The van der Waals surface area contributed by atoms with Gasteiger partial charge in [0, 0.05) is 38.1 Å². The number of nitrogens with zero attached hydrogens (tertiary/aromatic N) is 3. The second-order valence-corrected chi connectivity index (χ2v) is 10.6. The van der Waals surface area contributed by atoms with Crippen LogP contribution in [-0.2, 0) is 0 Å². The molecule has 1 atom stereocenters. The number of piperidine rings is 2. The Morgan fingerprint density at radius 3 is 2.45 bits per heavy atom. The van der Waals surface area contributed by atoms with Gasteiger partial charge in [-0.3, -0.25) is 0 Å². The van der Waals surface area contributed by atoms with Crippen LogP contribution in [0.1, 0.15) is 94.0 Å². The highest BCUT2D eigenvalue weighted by Crippen LogP contribution is 2.34. The summed E-state index contributed by atoms with van der Waals surface area (Å²) in [6.07, 6.45) is 15.3. The van der Waals surface area contributed by atoms with Gasteiger partial charge in [-0.05, 0) is 75.6 Å². The van der Waals surface area contributed by atoms with E-state index < -0.39 is 0 Å². The zero-order valence-corrected chi connectivity index (χ0v) is 19.6. The molecule has 4 heteroatoms. The van der Waals surface area contributed by atoms with Crippen LogP contribution in [0.3, 0.4) is 0 Å². The molecule has 1 aromatic carbocycles. The third-order valence-corrected chi connectivity index (χ3v) is 8.20. The van der Waals surface area contributed by atoms with Crippen LogP contribution >= 0.6 is 0 Å². The lowest BCUT2D eigenvalue weighted by atomic mass is 9.90. The van der Waals surface area contributed by atoms with Gasteiger partial charge in [0.2, 0.25) is 0 Å². The molecule has 0 radical (unpaired) electrons. The first-order valence-electron chi connectivity index (χ1n) is 13.2. The number of hydrogen-bond acceptors (Lipinski definition) is 3. The van der Waals surface area contributed by atoms with E-state index in [0.29, 0.717) is 12.0 Å². The number of rotatable bonds is 4. The van der Waals surface area contributed by atoms with Crippen molar-refractivity contribution in [2.45, 2.75) is 89.5 Å². The summed E-state index contributed by atoms with van der Waals surface area (Å²) in [7, 11) is 0. The van der Waals surface area contributed by atoms with Crippen LogP contribution < -0.4 is 5.32 Å². The van der Waals surface area contributed by atoms with Crippen LogP contribution in [0.25, 0.3) is 11.0 Å². The van der Waals surface area contributed by atoms with Crippen molar-refractivity contribution in [3.8, 4) is 0 Å². The van der Waals surface area contributed by atoms with Gasteiger partial charge in [-0.2, -0.15) is 0 Å². The minimum atomic E-state index is 0.564. The Balaban J connectivity index is 1.30. The van der Waals surface area contributed by atoms with Gasteiger partial charge in [0.05, 0.1) is 11.0 Å². The molecule has 1 saturated carbocycles. The average molecular weight is 423 g/mol. The summed E-state index contributed by atoms with van der Waals surface area (Å²) in [5.74, 6) is 2.86. The summed E-state index contributed by atoms with van der Waals surface area (Å²) in [6, 6.07) is 7.50. The van der Waals surface area contributed by atoms with E-state index in [2.05, 4.69) is 39.9 Å². The number of nitrogens with one attached hydrogen (secondary N) is 1. The predicted molar refractivity (Wildman–Crippen MR) is 130 cm³/mol. The van der Waals surface area contributed by atoms with Gasteiger partial charge in [-0.1, -0.05) is 38.2 Å². The molecule has 3 aliphatic rings. The molecular formula is C27H42N4. The van der Waals surface area contributed by atoms with Crippen molar-refractivity contribution in [2.24, 2.45) is 5.92 Å². The Hall–Kier alpha value is -1.39. The first-order chi connectivity index (χ1) is 15.3. The molecule has 170 valence electrons. The topological polar surface area (TPSA) is 33.1 Å². The van der Waals surface area contributed by atoms with Gasteiger partial charge < -0.3 is 14.8 Å². The smallest absolute Gasteiger partial charge is 0.114 e. The normalized spacial score (nSPS) is 25.5. The van der Waals surface area contributed by atoms with E-state index in [1.807, 2.05) is 0 Å². The van der Waals surface area contributed by atoms with Gasteiger partial charge in [-0.25, -0.2) is 4.98 Å². The molecule has 1 aromatic heterocycles. The summed E-state index contributed by atoms with van der Waals surface area (Å²) >= 11 is 0. The molecule has 1 N–H and O–H groups in total. The minimum absolute atomic E-state index is 0.564. The molecule has 4 nitrogen and oxygen atoms in total. The third kappa shape index (κ3) is 5.01. The molecule has 2 saturated heterocycles. The summed E-state index contributed by atoms with van der Waals surface area (Å²) in [6.45, 7) is 8.30. The highest BCUT2D eigenvalue weighted by atomic mass is 15.2. The van der Waals surface area contributed by atoms with Crippen LogP contribution in [0.5, 0.6) is 0 Å². The van der Waals surface area contributed by atoms with Gasteiger partial charge in [-0.15, -0.1) is 0 Å². The van der Waals surface area contributed by atoms with E-state index >= 15 is 0 Å². The maximum absolute atomic E-state index is 5.21. The second kappa shape index (κ2) is 10.0. The van der Waals surface area contributed by atoms with E-state index in [1.165, 1.54) is 113 Å². The minimum Gasteiger partial charge on any atom is -0.324 e. The van der Waals surface area contributed by atoms with Gasteiger partial charge in [0.15, 0.2) is 0 Å². The van der Waals surface area contributed by atoms with Crippen LogP contribution in [0, 0.1) is 12.8 Å². The Morgan fingerprint density at radius 1 is 0.935 bits per heavy atom. The van der Waals surface area contributed by atoms with Crippen molar-refractivity contribution in [3.63, 3.8) is 0 Å². The average Bonchev–Trinajstić information content (AvgIpc) is 3.15. The Bertz CT molecular complexity index is 834. The predicted octanol–water partition coefficient (Wildman–Crippen LogP) is 5.81. The molecule has 2 aromatic rings. The lowest BCUT2D eigenvalue weighted by Crippen LogP contribution is -2.38. The van der Waals surface area contributed by atoms with Crippen molar-refractivity contribution in [1.29, 1.82) is 0 Å². The number of aromatic nitrogens is 2. The van der Waals surface area contributed by atoms with Crippen molar-refractivity contribution in [2.75, 3.05) is 32.7 Å². The van der Waals surface area contributed by atoms with E-state index in [4.69, 9.17) is 4.98 Å². The molecule has 1 unspecified atom stereocenters. The Morgan fingerprint density at radius 2 is 1.71 bits per heavy atom. The fraction of sp³-hybridized carbons (Fsp3) is 0.741. The van der Waals surface area contributed by atoms with Crippen LogP contribution in [0.4, 0.5) is 0 Å². The van der Waals surface area contributed by atoms with E-state index in [0.717, 1.165) is 19.0 Å². The maximum atomic E-state index is 5.21. The fourth-order valence-electron chi connectivity index (χ4n) is 6.42. The van der Waals surface area contributed by atoms with Crippen molar-refractivity contribution < 1.29 is 0 Å². The molecule has 0 spiro atoms. The number of fused-ring (bicyclic) bond motifs is 1. The van der Waals surface area contributed by atoms with Crippen LogP contribution in [-0.4, -0.2) is 47.2 Å². The summed E-state index contributed by atoms with van der Waals surface area (Å²) in [4.78, 5) is 8.00. The molecule has 0 amide bonds. The largest absolute Gasteiger partial charge is 0.324 e. The number of aryl methyl sites for hydroxylation is 1. The van der Waals surface area contributed by atoms with E-state index in [-0.39, 0.29) is 0 Å². The quantitative estimate of drug-likeness (QED) is 0.675. The monoisotopic (exact) mass is 422 g/mol. The summed E-state index contributed by atoms with van der Waals surface area (Å²) in [5, 5.41) is 3.62. The van der Waals surface area contributed by atoms with Crippen molar-refractivity contribution in [1.82, 2.24) is 19.8 Å². The van der Waals surface area contributed by atoms with Gasteiger partial charge in [0.1, 0.15) is 5.82 Å². The summed E-state index contributed by atoms with van der Waals surface area (Å²) in [5.41, 5.74) is 3.89. The molecule has 31 heavy (non-hydrogen) atoms. The van der Waals surface area contributed by atoms with E-state index in [9.17, 15) is 0 Å². The molecule has 0 bridgehead atoms. The summed E-state index contributed by atoms with van der Waals surface area (Å²) < 4.78 is 2.67. The first-order valence-corrected chi connectivity index (χ1v) is 13.2. The lowest BCUT2D eigenvalue weighted by molar-refractivity contribution is 0.151. The zero-order chi connectivity index (χ0) is 21.0. The molecule has 2 aliphatic heterocycles. The van der Waals surface area contributed by atoms with E-state index in [1.54, 1.807) is 0 Å². The highest BCUT2D eigenvalue weighted by Gasteiger charge is 2.29. The van der Waals surface area contributed by atoms with Gasteiger partial charge in [0.25, 0.3) is 0 Å². The number of imidazole rings is 1. The van der Waals surface area contributed by atoms with Crippen molar-refractivity contribution in [3.05, 3.63) is 29.6 Å². The standard InChI is InChI=1S/C27H42N4/c1-21-11-12-26-25(18-21)29-27(23-10-7-15-28-19-23)31(26)24-13-16-30(17-14-24)20-22-8-5-3-2-4-6-9-22/h11-12,18,22-24,28H,2-10,13-17,19-20H2,1H3.